The quantitative estimate of drug-likeness (QED) is 0.532. The Labute approximate surface area is 187 Å². The molecule has 7 heteroatoms. The number of nitrogens with zero attached hydrogens (tertiary/aromatic N) is 1. The third-order valence-corrected chi connectivity index (χ3v) is 5.78. The van der Waals surface area contributed by atoms with Gasteiger partial charge in [-0.3, -0.25) is 14.4 Å². The summed E-state index contributed by atoms with van der Waals surface area (Å²) in [6, 6.07) is 14.4. The number of nitrogens with one attached hydrogen (secondary N) is 3. The summed E-state index contributed by atoms with van der Waals surface area (Å²) in [5.41, 5.74) is 3.40. The zero-order chi connectivity index (χ0) is 22.7. The van der Waals surface area contributed by atoms with Gasteiger partial charge in [0.1, 0.15) is 6.04 Å². The van der Waals surface area contributed by atoms with Gasteiger partial charge in [0.15, 0.2) is 0 Å². The third-order valence-electron chi connectivity index (χ3n) is 5.78. The highest BCUT2D eigenvalue weighted by Gasteiger charge is 2.25. The molecule has 4 rings (SSSR count). The molecule has 1 atom stereocenters. The molecule has 3 amide bonds. The number of para-hydroxylation sites is 1. The summed E-state index contributed by atoms with van der Waals surface area (Å²) >= 11 is 0. The molecule has 1 aliphatic rings. The topological polar surface area (TPSA) is 94.3 Å². The first kappa shape index (κ1) is 21.6. The van der Waals surface area contributed by atoms with Gasteiger partial charge in [0.05, 0.1) is 0 Å². The average molecular weight is 433 g/mol. The van der Waals surface area contributed by atoms with E-state index in [2.05, 4.69) is 15.6 Å². The molecule has 2 heterocycles. The molecule has 0 spiro atoms. The van der Waals surface area contributed by atoms with Crippen molar-refractivity contribution in [2.45, 2.75) is 39.2 Å². The Balaban J connectivity index is 1.50. The molecule has 1 unspecified atom stereocenters. The van der Waals surface area contributed by atoms with Crippen molar-refractivity contribution in [2.75, 3.05) is 16.8 Å². The van der Waals surface area contributed by atoms with E-state index in [1.54, 1.807) is 30.9 Å². The normalized spacial score (nSPS) is 14.7. The van der Waals surface area contributed by atoms with Gasteiger partial charge in [-0.05, 0) is 42.3 Å². The zero-order valence-electron chi connectivity index (χ0n) is 18.4. The van der Waals surface area contributed by atoms with Crippen molar-refractivity contribution >= 4 is 40.0 Å². The Hall–Kier alpha value is -3.61. The predicted octanol–water partition coefficient (Wildman–Crippen LogP) is 3.62. The fourth-order valence-electron chi connectivity index (χ4n) is 3.94. The van der Waals surface area contributed by atoms with Crippen LogP contribution in [0.1, 0.15) is 32.3 Å². The van der Waals surface area contributed by atoms with Crippen LogP contribution in [0.4, 0.5) is 11.4 Å². The van der Waals surface area contributed by atoms with Gasteiger partial charge in [-0.1, -0.05) is 32.0 Å². The number of carbonyl (C=O) groups is 3. The zero-order valence-corrected chi connectivity index (χ0v) is 18.4. The number of anilines is 2. The van der Waals surface area contributed by atoms with Crippen LogP contribution < -0.4 is 15.5 Å². The lowest BCUT2D eigenvalue weighted by Gasteiger charge is -2.20. The highest BCUT2D eigenvalue weighted by atomic mass is 16.2. The minimum atomic E-state index is -0.719. The minimum Gasteiger partial charge on any atom is -0.361 e. The first-order valence-electron chi connectivity index (χ1n) is 11.0. The van der Waals surface area contributed by atoms with Crippen molar-refractivity contribution in [1.29, 1.82) is 0 Å². The first-order chi connectivity index (χ1) is 15.4. The van der Waals surface area contributed by atoms with Crippen LogP contribution in [0, 0.1) is 5.92 Å². The summed E-state index contributed by atoms with van der Waals surface area (Å²) in [7, 11) is 0. The number of benzene rings is 2. The number of aromatic amines is 1. The highest BCUT2D eigenvalue weighted by Crippen LogP contribution is 2.24. The number of aromatic nitrogens is 1. The van der Waals surface area contributed by atoms with E-state index in [-0.39, 0.29) is 23.6 Å². The van der Waals surface area contributed by atoms with Gasteiger partial charge in [0.25, 0.3) is 0 Å². The molecule has 2 aromatic carbocycles. The van der Waals surface area contributed by atoms with Crippen LogP contribution in [0.3, 0.4) is 0 Å². The smallest absolute Gasteiger partial charge is 0.247 e. The minimum absolute atomic E-state index is 0.122. The number of fused-ring (bicyclic) bond motifs is 1. The van der Waals surface area contributed by atoms with Gasteiger partial charge < -0.3 is 20.5 Å². The maximum absolute atomic E-state index is 13.1. The summed E-state index contributed by atoms with van der Waals surface area (Å²) in [4.78, 5) is 42.4. The van der Waals surface area contributed by atoms with E-state index in [4.69, 9.17) is 0 Å². The Morgan fingerprint density at radius 2 is 1.81 bits per heavy atom. The predicted molar refractivity (Wildman–Crippen MR) is 125 cm³/mol. The van der Waals surface area contributed by atoms with E-state index >= 15 is 0 Å². The van der Waals surface area contributed by atoms with Gasteiger partial charge >= 0.3 is 0 Å². The number of H-pyrrole nitrogens is 1. The van der Waals surface area contributed by atoms with E-state index in [9.17, 15) is 14.4 Å². The van der Waals surface area contributed by atoms with Crippen molar-refractivity contribution in [3.8, 4) is 0 Å². The van der Waals surface area contributed by atoms with Gasteiger partial charge in [-0.25, -0.2) is 0 Å². The van der Waals surface area contributed by atoms with Gasteiger partial charge in [-0.2, -0.15) is 0 Å². The van der Waals surface area contributed by atoms with Gasteiger partial charge in [-0.15, -0.1) is 0 Å². The summed E-state index contributed by atoms with van der Waals surface area (Å²) in [5, 5.41) is 6.82. The fraction of sp³-hybridized carbons (Fsp3) is 0.320. The fourth-order valence-corrected chi connectivity index (χ4v) is 3.94. The van der Waals surface area contributed by atoms with Crippen molar-refractivity contribution in [2.24, 2.45) is 5.92 Å². The molecule has 7 nitrogen and oxygen atoms in total. The van der Waals surface area contributed by atoms with Crippen molar-refractivity contribution in [1.82, 2.24) is 10.3 Å². The summed E-state index contributed by atoms with van der Waals surface area (Å²) in [6.07, 6.45) is 3.69. The van der Waals surface area contributed by atoms with E-state index in [1.165, 1.54) is 0 Å². The maximum atomic E-state index is 13.1. The van der Waals surface area contributed by atoms with Crippen LogP contribution in [-0.4, -0.2) is 35.3 Å². The average Bonchev–Trinajstić information content (AvgIpc) is 3.40. The second-order valence-electron chi connectivity index (χ2n) is 8.46. The van der Waals surface area contributed by atoms with Crippen LogP contribution in [-0.2, 0) is 20.8 Å². The number of hydrogen-bond donors (Lipinski definition) is 3. The molecular weight excluding hydrogens is 404 g/mol. The summed E-state index contributed by atoms with van der Waals surface area (Å²) < 4.78 is 0. The molecule has 1 fully saturated rings. The van der Waals surface area contributed by atoms with Gasteiger partial charge in [0.2, 0.25) is 17.7 Å². The lowest BCUT2D eigenvalue weighted by Crippen LogP contribution is -2.46. The van der Waals surface area contributed by atoms with Crippen molar-refractivity contribution in [3.63, 3.8) is 0 Å². The lowest BCUT2D eigenvalue weighted by atomic mass is 10.0. The lowest BCUT2D eigenvalue weighted by molar-refractivity contribution is -0.128. The maximum Gasteiger partial charge on any atom is 0.247 e. The molecule has 1 saturated heterocycles. The molecule has 3 aromatic rings. The Bertz CT molecular complexity index is 1130. The Morgan fingerprint density at radius 3 is 2.50 bits per heavy atom. The SMILES string of the molecule is CC(C)C(=O)NC(Cc1c[nH]c2ccccc12)C(=O)Nc1ccc(N2CCCC2=O)cc1. The largest absolute Gasteiger partial charge is 0.361 e. The number of amides is 3. The van der Waals surface area contributed by atoms with Crippen molar-refractivity contribution < 1.29 is 14.4 Å². The molecular formula is C25H28N4O3. The summed E-state index contributed by atoms with van der Waals surface area (Å²) in [5.74, 6) is -0.565. The first-order valence-corrected chi connectivity index (χ1v) is 11.0. The van der Waals surface area contributed by atoms with Crippen molar-refractivity contribution in [3.05, 3.63) is 60.3 Å². The van der Waals surface area contributed by atoms with E-state index in [0.29, 0.717) is 18.5 Å². The summed E-state index contributed by atoms with van der Waals surface area (Å²) in [6.45, 7) is 4.32. The number of rotatable bonds is 7. The number of carbonyl (C=O) groups excluding carboxylic acids is 3. The van der Waals surface area contributed by atoms with E-state index < -0.39 is 6.04 Å². The molecule has 0 saturated carbocycles. The van der Waals surface area contributed by atoms with Crippen LogP contribution in [0.5, 0.6) is 0 Å². The highest BCUT2D eigenvalue weighted by molar-refractivity contribution is 5.99. The number of hydrogen-bond acceptors (Lipinski definition) is 3. The third kappa shape index (κ3) is 4.66. The van der Waals surface area contributed by atoms with Crippen LogP contribution in [0.2, 0.25) is 0 Å². The Kier molecular flexibility index (Phi) is 6.25. The monoisotopic (exact) mass is 432 g/mol. The molecule has 1 aliphatic heterocycles. The molecule has 3 N–H and O–H groups in total. The Morgan fingerprint density at radius 1 is 1.06 bits per heavy atom. The second kappa shape index (κ2) is 9.26. The molecule has 0 bridgehead atoms. The van der Waals surface area contributed by atoms with E-state index in [0.717, 1.165) is 35.1 Å². The van der Waals surface area contributed by atoms with Gasteiger partial charge in [0, 0.05) is 53.8 Å². The molecule has 1 aromatic heterocycles. The second-order valence-corrected chi connectivity index (χ2v) is 8.46. The van der Waals surface area contributed by atoms with E-state index in [1.807, 2.05) is 42.6 Å². The molecule has 0 radical (unpaired) electrons. The molecule has 0 aliphatic carbocycles. The molecule has 32 heavy (non-hydrogen) atoms. The standard InChI is InChI=1S/C25H28N4O3/c1-16(2)24(31)28-22(14-17-15-26-21-7-4-3-6-20(17)21)25(32)27-18-9-11-19(12-10-18)29-13-5-8-23(29)30/h3-4,6-7,9-12,15-16,22,26H,5,8,13-14H2,1-2H3,(H,27,32)(H,28,31). The molecule has 166 valence electrons. The van der Waals surface area contributed by atoms with Crippen LogP contribution in [0.15, 0.2) is 54.7 Å². The van der Waals surface area contributed by atoms with Crippen LogP contribution >= 0.6 is 0 Å². The van der Waals surface area contributed by atoms with Crippen LogP contribution in [0.25, 0.3) is 10.9 Å².